The third kappa shape index (κ3) is 5.47. The van der Waals surface area contributed by atoms with E-state index in [1.54, 1.807) is 0 Å². The number of Topliss-reactive ketones (excluding diaryl/α,β-unsaturated/α-hetero) is 1. The summed E-state index contributed by atoms with van der Waals surface area (Å²) in [4.78, 5) is 21.7. The van der Waals surface area contributed by atoms with Crippen molar-refractivity contribution in [3.05, 3.63) is 77.9 Å². The van der Waals surface area contributed by atoms with Crippen molar-refractivity contribution in [2.75, 3.05) is 10.8 Å². The van der Waals surface area contributed by atoms with Gasteiger partial charge in [-0.05, 0) is 60.5 Å². The number of carboxylic acids is 1. The molecule has 1 N–H and O–H groups in total. The van der Waals surface area contributed by atoms with Gasteiger partial charge in [0.25, 0.3) is 10.0 Å². The van der Waals surface area contributed by atoms with Crippen molar-refractivity contribution in [1.82, 2.24) is 0 Å². The van der Waals surface area contributed by atoms with E-state index in [0.717, 1.165) is 34.6 Å². The molecule has 1 heterocycles. The predicted molar refractivity (Wildman–Crippen MR) is 124 cm³/mol. The first-order valence-electron chi connectivity index (χ1n) is 11.0. The van der Waals surface area contributed by atoms with Crippen LogP contribution in [0.4, 0.5) is 27.6 Å². The number of ketones is 1. The number of hydrogen-bond donors (Lipinski definition) is 1. The van der Waals surface area contributed by atoms with Crippen molar-refractivity contribution in [3.8, 4) is 16.9 Å². The minimum atomic E-state index is -4.82. The standard InChI is InChI=1S/C25H18F5NO6S/c26-16-5-7-20(27)19(12-16)14-4-9-23-21(10-14)31(13-17(37-23)6-8-22(32)24(33)34)38(35,36)18-3-1-2-15(11-18)25(28,29)30/h1-5,7,9-12,17H,6,8,13H2,(H,33,34). The SMILES string of the molecule is O=C(O)C(=O)CCC1CN(S(=O)(=O)c2cccc(C(F)(F)F)c2)c2cc(-c3cc(F)ccc3F)ccc2O1. The lowest BCUT2D eigenvalue weighted by Gasteiger charge is -2.36. The molecule has 3 aromatic rings. The number of carbonyl (C=O) groups excluding carboxylic acids is 1. The maximum atomic E-state index is 14.4. The van der Waals surface area contributed by atoms with E-state index in [0.29, 0.717) is 12.1 Å². The quantitative estimate of drug-likeness (QED) is 0.324. The molecule has 0 saturated heterocycles. The van der Waals surface area contributed by atoms with Crippen LogP contribution in [0.15, 0.2) is 65.6 Å². The molecule has 7 nitrogen and oxygen atoms in total. The number of hydrogen-bond acceptors (Lipinski definition) is 5. The number of nitrogens with zero attached hydrogens (tertiary/aromatic N) is 1. The van der Waals surface area contributed by atoms with Crippen LogP contribution in [-0.2, 0) is 25.8 Å². The number of carboxylic acid groups (broad SMARTS) is 1. The van der Waals surface area contributed by atoms with Crippen molar-refractivity contribution in [2.45, 2.75) is 30.0 Å². The molecule has 1 aliphatic heterocycles. The second-order valence-electron chi connectivity index (χ2n) is 8.38. The first-order valence-corrected chi connectivity index (χ1v) is 12.4. The number of rotatable bonds is 7. The lowest BCUT2D eigenvalue weighted by atomic mass is 10.0. The molecule has 0 aromatic heterocycles. The summed E-state index contributed by atoms with van der Waals surface area (Å²) < 4.78 is 102. The molecule has 13 heteroatoms. The number of alkyl halides is 3. The van der Waals surface area contributed by atoms with Crippen LogP contribution in [0.2, 0.25) is 0 Å². The van der Waals surface area contributed by atoms with Gasteiger partial charge in [-0.1, -0.05) is 12.1 Å². The summed E-state index contributed by atoms with van der Waals surface area (Å²) in [5, 5.41) is 8.83. The molecule has 1 atom stereocenters. The number of ether oxygens (including phenoxy) is 1. The Labute approximate surface area is 213 Å². The van der Waals surface area contributed by atoms with Crippen molar-refractivity contribution in [3.63, 3.8) is 0 Å². The second-order valence-corrected chi connectivity index (χ2v) is 10.2. The summed E-state index contributed by atoms with van der Waals surface area (Å²) in [7, 11) is -4.68. The number of sulfonamides is 1. The number of carbonyl (C=O) groups is 2. The molecule has 38 heavy (non-hydrogen) atoms. The number of halogens is 5. The van der Waals surface area contributed by atoms with Crippen molar-refractivity contribution >= 4 is 27.5 Å². The van der Waals surface area contributed by atoms with Crippen LogP contribution in [0, 0.1) is 11.6 Å². The Balaban J connectivity index is 1.81. The van der Waals surface area contributed by atoms with E-state index in [1.807, 2.05) is 0 Å². The smallest absolute Gasteiger partial charge is 0.416 e. The highest BCUT2D eigenvalue weighted by molar-refractivity contribution is 7.92. The molecule has 4 rings (SSSR count). The molecule has 200 valence electrons. The first-order chi connectivity index (χ1) is 17.8. The minimum absolute atomic E-state index is 0.0631. The first kappa shape index (κ1) is 27.0. The highest BCUT2D eigenvalue weighted by Gasteiger charge is 2.37. The van der Waals surface area contributed by atoms with Gasteiger partial charge in [0, 0.05) is 12.0 Å². The largest absolute Gasteiger partial charge is 0.486 e. The van der Waals surface area contributed by atoms with Crippen LogP contribution in [0.5, 0.6) is 5.75 Å². The van der Waals surface area contributed by atoms with Crippen molar-refractivity contribution in [1.29, 1.82) is 0 Å². The summed E-state index contributed by atoms with van der Waals surface area (Å²) in [6.45, 7) is -0.492. The number of benzene rings is 3. The fraction of sp³-hybridized carbons (Fsp3) is 0.200. The summed E-state index contributed by atoms with van der Waals surface area (Å²) in [6, 6.07) is 9.54. The highest BCUT2D eigenvalue weighted by Crippen LogP contribution is 2.41. The fourth-order valence-electron chi connectivity index (χ4n) is 3.94. The predicted octanol–water partition coefficient (Wildman–Crippen LogP) is 5.04. The zero-order valence-corrected chi connectivity index (χ0v) is 20.0. The average Bonchev–Trinajstić information content (AvgIpc) is 2.87. The second kappa shape index (κ2) is 10.0. The molecule has 0 radical (unpaired) electrons. The van der Waals surface area contributed by atoms with E-state index in [2.05, 4.69) is 0 Å². The molecular weight excluding hydrogens is 537 g/mol. The van der Waals surface area contributed by atoms with E-state index in [4.69, 9.17) is 9.84 Å². The molecule has 0 spiro atoms. The zero-order valence-electron chi connectivity index (χ0n) is 19.2. The molecule has 1 unspecified atom stereocenters. The van der Waals surface area contributed by atoms with Gasteiger partial charge in [-0.15, -0.1) is 0 Å². The van der Waals surface area contributed by atoms with Crippen LogP contribution in [0.3, 0.4) is 0 Å². The molecule has 0 aliphatic carbocycles. The third-order valence-electron chi connectivity index (χ3n) is 5.81. The third-order valence-corrected chi connectivity index (χ3v) is 7.59. The molecule has 0 saturated carbocycles. The maximum Gasteiger partial charge on any atom is 0.416 e. The van der Waals surface area contributed by atoms with Gasteiger partial charge in [-0.3, -0.25) is 9.10 Å². The van der Waals surface area contributed by atoms with Crippen LogP contribution < -0.4 is 9.04 Å². The van der Waals surface area contributed by atoms with E-state index < -0.39 is 69.1 Å². The Morgan fingerprint density at radius 1 is 1.03 bits per heavy atom. The highest BCUT2D eigenvalue weighted by atomic mass is 32.2. The van der Waals surface area contributed by atoms with Gasteiger partial charge < -0.3 is 9.84 Å². The van der Waals surface area contributed by atoms with Gasteiger partial charge in [-0.25, -0.2) is 22.0 Å². The van der Waals surface area contributed by atoms with Gasteiger partial charge in [0.05, 0.1) is 22.7 Å². The van der Waals surface area contributed by atoms with Gasteiger partial charge in [0.2, 0.25) is 5.78 Å². The van der Waals surface area contributed by atoms with Crippen LogP contribution in [0.1, 0.15) is 18.4 Å². The number of fused-ring (bicyclic) bond motifs is 1. The fourth-order valence-corrected chi connectivity index (χ4v) is 5.48. The molecule has 0 amide bonds. The van der Waals surface area contributed by atoms with Gasteiger partial charge >= 0.3 is 12.1 Å². The Morgan fingerprint density at radius 2 is 1.76 bits per heavy atom. The Kier molecular flexibility index (Phi) is 7.15. The Bertz CT molecular complexity index is 1520. The molecule has 3 aromatic carbocycles. The molecule has 0 bridgehead atoms. The van der Waals surface area contributed by atoms with Crippen molar-refractivity contribution in [2.24, 2.45) is 0 Å². The van der Waals surface area contributed by atoms with E-state index in [-0.39, 0.29) is 29.0 Å². The molecule has 1 aliphatic rings. The summed E-state index contributed by atoms with van der Waals surface area (Å²) >= 11 is 0. The Morgan fingerprint density at radius 3 is 2.45 bits per heavy atom. The van der Waals surface area contributed by atoms with Crippen LogP contribution >= 0.6 is 0 Å². The summed E-state index contributed by atoms with van der Waals surface area (Å²) in [5.41, 5.74) is -1.50. The average molecular weight is 555 g/mol. The zero-order chi connectivity index (χ0) is 27.8. The van der Waals surface area contributed by atoms with Crippen LogP contribution in [0.25, 0.3) is 11.1 Å². The Hall–Kier alpha value is -4.00. The minimum Gasteiger partial charge on any atom is -0.486 e. The van der Waals surface area contributed by atoms with E-state index >= 15 is 0 Å². The van der Waals surface area contributed by atoms with E-state index in [9.17, 15) is 40.0 Å². The monoisotopic (exact) mass is 555 g/mol. The maximum absolute atomic E-state index is 14.4. The van der Waals surface area contributed by atoms with Crippen molar-refractivity contribution < 1.29 is 49.8 Å². The lowest BCUT2D eigenvalue weighted by molar-refractivity contribution is -0.149. The van der Waals surface area contributed by atoms with Gasteiger partial charge in [-0.2, -0.15) is 13.2 Å². The van der Waals surface area contributed by atoms with Crippen LogP contribution in [-0.4, -0.2) is 37.9 Å². The van der Waals surface area contributed by atoms with Gasteiger partial charge in [0.1, 0.15) is 23.5 Å². The number of aliphatic carboxylic acids is 1. The molecular formula is C25H18F5NO6S. The van der Waals surface area contributed by atoms with E-state index in [1.165, 1.54) is 18.2 Å². The number of anilines is 1. The normalized spacial score (nSPS) is 15.5. The summed E-state index contributed by atoms with van der Waals surface area (Å²) in [5.74, 6) is -4.45. The molecule has 0 fully saturated rings. The van der Waals surface area contributed by atoms with Gasteiger partial charge in [0.15, 0.2) is 0 Å². The topological polar surface area (TPSA) is 101 Å². The lowest BCUT2D eigenvalue weighted by Crippen LogP contribution is -2.44. The summed E-state index contributed by atoms with van der Waals surface area (Å²) in [6.07, 6.45) is -6.56.